The first kappa shape index (κ1) is 25.8. The third-order valence-corrected chi connectivity index (χ3v) is 5.85. The van der Waals surface area contributed by atoms with Crippen LogP contribution < -0.4 is 10.6 Å². The molecule has 0 radical (unpaired) electrons. The summed E-state index contributed by atoms with van der Waals surface area (Å²) in [4.78, 5) is 17.7. The molecule has 0 fully saturated rings. The van der Waals surface area contributed by atoms with Gasteiger partial charge in [0.05, 0.1) is 11.3 Å². The van der Waals surface area contributed by atoms with Gasteiger partial charge in [0.2, 0.25) is 0 Å². The molecular weight excluding hydrogens is 489 g/mol. The average Bonchev–Trinajstić information content (AvgIpc) is 2.86. The molecule has 2 amide bonds. The number of carbonyl (C=O) groups is 1. The number of carbonyl (C=O) groups excluding carboxylic acids is 1. The Morgan fingerprint density at radius 2 is 1.57 bits per heavy atom. The minimum atomic E-state index is -4.62. The van der Waals surface area contributed by atoms with E-state index in [1.54, 1.807) is 48.7 Å². The smallest absolute Gasteiger partial charge is 0.322 e. The standard InChI is InChI=1S/C28H22F5N3O/c1-18-10-13-25(34-17-18)27(16-19-6-3-2-4-7-19,20-8-5-9-21(14-20)28(31,32)33)36-26(37)35-22-11-12-23(29)24(30)15-22/h2-15,17H,16H2,1H3,(H2,35,36,37). The normalized spacial score (nSPS) is 13.0. The molecule has 2 N–H and O–H groups in total. The predicted octanol–water partition coefficient (Wildman–Crippen LogP) is 7.00. The summed E-state index contributed by atoms with van der Waals surface area (Å²) in [7, 11) is 0. The lowest BCUT2D eigenvalue weighted by molar-refractivity contribution is -0.137. The number of aryl methyl sites for hydroxylation is 1. The molecule has 0 spiro atoms. The molecule has 0 bridgehead atoms. The fourth-order valence-corrected chi connectivity index (χ4v) is 4.03. The summed E-state index contributed by atoms with van der Waals surface area (Å²) >= 11 is 0. The van der Waals surface area contributed by atoms with E-state index < -0.39 is 34.9 Å². The number of alkyl halides is 3. The number of halogens is 5. The number of urea groups is 1. The molecule has 1 atom stereocenters. The molecule has 0 aliphatic rings. The van der Waals surface area contributed by atoms with Gasteiger partial charge in [-0.2, -0.15) is 13.2 Å². The lowest BCUT2D eigenvalue weighted by Crippen LogP contribution is -2.50. The van der Waals surface area contributed by atoms with E-state index in [0.29, 0.717) is 5.69 Å². The molecular formula is C28H22F5N3O. The van der Waals surface area contributed by atoms with Gasteiger partial charge in [-0.15, -0.1) is 0 Å². The van der Waals surface area contributed by atoms with Gasteiger partial charge in [0, 0.05) is 24.4 Å². The molecule has 0 aliphatic heterocycles. The first-order valence-electron chi connectivity index (χ1n) is 11.3. The molecule has 190 valence electrons. The van der Waals surface area contributed by atoms with Crippen molar-refractivity contribution in [2.75, 3.05) is 5.32 Å². The SMILES string of the molecule is Cc1ccc(C(Cc2ccccc2)(NC(=O)Nc2ccc(F)c(F)c2)c2cccc(C(F)(F)F)c2)nc1. The summed E-state index contributed by atoms with van der Waals surface area (Å²) in [5.41, 5.74) is -0.519. The molecule has 0 aliphatic carbocycles. The number of rotatable bonds is 6. The fraction of sp³-hybridized carbons (Fsp3) is 0.143. The fourth-order valence-electron chi connectivity index (χ4n) is 4.03. The van der Waals surface area contributed by atoms with Crippen molar-refractivity contribution < 1.29 is 26.7 Å². The Balaban J connectivity index is 1.86. The number of benzene rings is 3. The lowest BCUT2D eigenvalue weighted by atomic mass is 9.80. The van der Waals surface area contributed by atoms with Crippen LogP contribution in [-0.2, 0) is 18.1 Å². The maximum absolute atomic E-state index is 13.7. The number of nitrogens with zero attached hydrogens (tertiary/aromatic N) is 1. The van der Waals surface area contributed by atoms with E-state index in [4.69, 9.17) is 0 Å². The van der Waals surface area contributed by atoms with Gasteiger partial charge in [-0.05, 0) is 53.9 Å². The minimum absolute atomic E-state index is 0.0362. The number of amides is 2. The topological polar surface area (TPSA) is 54.0 Å². The second-order valence-electron chi connectivity index (χ2n) is 8.58. The minimum Gasteiger partial charge on any atom is -0.322 e. The molecule has 0 saturated heterocycles. The van der Waals surface area contributed by atoms with Gasteiger partial charge in [-0.25, -0.2) is 13.6 Å². The monoisotopic (exact) mass is 511 g/mol. The van der Waals surface area contributed by atoms with Crippen molar-refractivity contribution in [1.82, 2.24) is 10.3 Å². The summed E-state index contributed by atoms with van der Waals surface area (Å²) in [5.74, 6) is -2.25. The van der Waals surface area contributed by atoms with Gasteiger partial charge in [-0.1, -0.05) is 48.5 Å². The summed E-state index contributed by atoms with van der Waals surface area (Å²) < 4.78 is 68.1. The van der Waals surface area contributed by atoms with Gasteiger partial charge in [0.1, 0.15) is 5.54 Å². The third kappa shape index (κ3) is 5.94. The van der Waals surface area contributed by atoms with Crippen molar-refractivity contribution in [2.24, 2.45) is 0 Å². The molecule has 4 rings (SSSR count). The molecule has 1 aromatic heterocycles. The highest BCUT2D eigenvalue weighted by Crippen LogP contribution is 2.37. The first-order valence-corrected chi connectivity index (χ1v) is 11.3. The van der Waals surface area contributed by atoms with E-state index in [1.165, 1.54) is 18.2 Å². The van der Waals surface area contributed by atoms with Crippen LogP contribution in [0.15, 0.2) is 91.1 Å². The number of pyridine rings is 1. The van der Waals surface area contributed by atoms with Crippen molar-refractivity contribution >= 4 is 11.7 Å². The maximum Gasteiger partial charge on any atom is 0.416 e. The van der Waals surface area contributed by atoms with Crippen LogP contribution in [0.4, 0.5) is 32.4 Å². The average molecular weight is 511 g/mol. The van der Waals surface area contributed by atoms with Crippen LogP contribution in [-0.4, -0.2) is 11.0 Å². The molecule has 1 unspecified atom stereocenters. The van der Waals surface area contributed by atoms with Crippen LogP contribution in [0.25, 0.3) is 0 Å². The molecule has 4 aromatic rings. The molecule has 0 saturated carbocycles. The van der Waals surface area contributed by atoms with Crippen LogP contribution in [0.1, 0.15) is 27.9 Å². The number of hydrogen-bond donors (Lipinski definition) is 2. The summed E-state index contributed by atoms with van der Waals surface area (Å²) in [6.07, 6.45) is -3.02. The highest BCUT2D eigenvalue weighted by atomic mass is 19.4. The molecule has 37 heavy (non-hydrogen) atoms. The molecule has 4 nitrogen and oxygen atoms in total. The van der Waals surface area contributed by atoms with Gasteiger partial charge in [0.15, 0.2) is 11.6 Å². The van der Waals surface area contributed by atoms with Crippen LogP contribution in [0, 0.1) is 18.6 Å². The lowest BCUT2D eigenvalue weighted by Gasteiger charge is -2.36. The third-order valence-electron chi connectivity index (χ3n) is 5.85. The van der Waals surface area contributed by atoms with E-state index in [-0.39, 0.29) is 17.7 Å². The Labute approximate surface area is 210 Å². The summed E-state index contributed by atoms with van der Waals surface area (Å²) in [6.45, 7) is 1.81. The molecule has 3 aromatic carbocycles. The van der Waals surface area contributed by atoms with E-state index in [9.17, 15) is 26.7 Å². The van der Waals surface area contributed by atoms with E-state index in [1.807, 2.05) is 6.92 Å². The Morgan fingerprint density at radius 3 is 2.22 bits per heavy atom. The second-order valence-corrected chi connectivity index (χ2v) is 8.58. The highest BCUT2D eigenvalue weighted by molar-refractivity contribution is 5.90. The van der Waals surface area contributed by atoms with Crippen LogP contribution in [0.3, 0.4) is 0 Å². The van der Waals surface area contributed by atoms with Crippen molar-refractivity contribution in [3.05, 3.63) is 131 Å². The molecule has 9 heteroatoms. The largest absolute Gasteiger partial charge is 0.416 e. The van der Waals surface area contributed by atoms with Crippen LogP contribution in [0.2, 0.25) is 0 Å². The quantitative estimate of drug-likeness (QED) is 0.274. The van der Waals surface area contributed by atoms with Gasteiger partial charge >= 0.3 is 12.2 Å². The zero-order chi connectivity index (χ0) is 26.6. The predicted molar refractivity (Wildman–Crippen MR) is 130 cm³/mol. The number of nitrogens with one attached hydrogen (secondary N) is 2. The zero-order valence-electron chi connectivity index (χ0n) is 19.6. The Bertz CT molecular complexity index is 1390. The zero-order valence-corrected chi connectivity index (χ0v) is 19.6. The Morgan fingerprint density at radius 1 is 0.838 bits per heavy atom. The van der Waals surface area contributed by atoms with E-state index in [2.05, 4.69) is 15.6 Å². The van der Waals surface area contributed by atoms with Gasteiger partial charge in [0.25, 0.3) is 0 Å². The molecule has 1 heterocycles. The summed E-state index contributed by atoms with van der Waals surface area (Å²) in [6, 6.07) is 18.9. The Hall–Kier alpha value is -4.27. The highest BCUT2D eigenvalue weighted by Gasteiger charge is 2.40. The Kier molecular flexibility index (Phi) is 7.24. The van der Waals surface area contributed by atoms with Gasteiger partial charge < -0.3 is 10.6 Å². The van der Waals surface area contributed by atoms with Crippen molar-refractivity contribution in [3.63, 3.8) is 0 Å². The van der Waals surface area contributed by atoms with Crippen LogP contribution in [0.5, 0.6) is 0 Å². The van der Waals surface area contributed by atoms with Crippen molar-refractivity contribution in [3.8, 4) is 0 Å². The number of hydrogen-bond acceptors (Lipinski definition) is 2. The van der Waals surface area contributed by atoms with Gasteiger partial charge in [-0.3, -0.25) is 4.98 Å². The van der Waals surface area contributed by atoms with Crippen molar-refractivity contribution in [1.29, 1.82) is 0 Å². The van der Waals surface area contributed by atoms with Crippen LogP contribution >= 0.6 is 0 Å². The number of anilines is 1. The maximum atomic E-state index is 13.7. The summed E-state index contributed by atoms with van der Waals surface area (Å²) in [5, 5.41) is 5.24. The van der Waals surface area contributed by atoms with Crippen molar-refractivity contribution in [2.45, 2.75) is 25.1 Å². The first-order chi connectivity index (χ1) is 17.6. The van der Waals surface area contributed by atoms with E-state index >= 15 is 0 Å². The van der Waals surface area contributed by atoms with E-state index in [0.717, 1.165) is 35.4 Å². The second kappa shape index (κ2) is 10.4. The number of aromatic nitrogens is 1.